The van der Waals surface area contributed by atoms with Gasteiger partial charge in [-0.05, 0) is 35.9 Å². The van der Waals surface area contributed by atoms with E-state index in [2.05, 4.69) is 9.97 Å². The Morgan fingerprint density at radius 3 is 2.71 bits per heavy atom. The summed E-state index contributed by atoms with van der Waals surface area (Å²) in [6, 6.07) is 12.9. The van der Waals surface area contributed by atoms with Crippen molar-refractivity contribution in [3.8, 4) is 16.9 Å². The molecule has 0 atom stereocenters. The van der Waals surface area contributed by atoms with Crippen LogP contribution in [0.1, 0.15) is 0 Å². The van der Waals surface area contributed by atoms with Gasteiger partial charge in [0.2, 0.25) is 0 Å². The zero-order valence-corrected chi connectivity index (χ0v) is 13.6. The minimum absolute atomic E-state index is 0.161. The van der Waals surface area contributed by atoms with Crippen molar-refractivity contribution >= 4 is 39.2 Å². The van der Waals surface area contributed by atoms with Gasteiger partial charge >= 0.3 is 0 Å². The molecule has 5 nitrogen and oxygen atoms in total. The van der Waals surface area contributed by atoms with E-state index in [4.69, 9.17) is 22.1 Å². The predicted molar refractivity (Wildman–Crippen MR) is 97.8 cm³/mol. The lowest BCUT2D eigenvalue weighted by atomic mass is 10.0. The first-order valence-corrected chi connectivity index (χ1v) is 7.73. The van der Waals surface area contributed by atoms with Crippen LogP contribution >= 0.6 is 11.6 Å². The Labute approximate surface area is 142 Å². The van der Waals surface area contributed by atoms with Gasteiger partial charge in [-0.25, -0.2) is 0 Å². The minimum Gasteiger partial charge on any atom is -0.497 e. The topological polar surface area (TPSA) is 83.9 Å². The molecular weight excluding hydrogens is 326 g/mol. The largest absolute Gasteiger partial charge is 0.497 e. The Kier molecular flexibility index (Phi) is 3.25. The first kappa shape index (κ1) is 14.7. The number of halogens is 1. The van der Waals surface area contributed by atoms with Crippen LogP contribution < -0.4 is 16.0 Å². The molecule has 4 N–H and O–H groups in total. The molecule has 2 aromatic heterocycles. The first-order valence-electron chi connectivity index (χ1n) is 7.35. The maximum absolute atomic E-state index is 12.3. The van der Waals surface area contributed by atoms with Crippen LogP contribution in [0.2, 0.25) is 5.02 Å². The number of rotatable bonds is 2. The second-order valence-corrected chi connectivity index (χ2v) is 5.98. The fourth-order valence-corrected chi connectivity index (χ4v) is 3.16. The molecule has 0 aliphatic heterocycles. The van der Waals surface area contributed by atoms with E-state index in [9.17, 15) is 4.79 Å². The van der Waals surface area contributed by atoms with Crippen LogP contribution in [-0.4, -0.2) is 17.1 Å². The van der Waals surface area contributed by atoms with E-state index in [1.807, 2.05) is 36.4 Å². The number of hydrogen-bond donors (Lipinski definition) is 3. The Hall–Kier alpha value is -2.92. The van der Waals surface area contributed by atoms with Crippen LogP contribution in [0, 0.1) is 0 Å². The summed E-state index contributed by atoms with van der Waals surface area (Å²) in [5.74, 6) is 0.694. The van der Waals surface area contributed by atoms with Crippen LogP contribution in [0.3, 0.4) is 0 Å². The summed E-state index contributed by atoms with van der Waals surface area (Å²) < 4.78 is 5.28. The Morgan fingerprint density at radius 1 is 1.08 bits per heavy atom. The fraction of sp³-hybridized carbons (Fsp3) is 0.0556. The number of nitrogens with two attached hydrogens (primary N) is 1. The van der Waals surface area contributed by atoms with E-state index in [-0.39, 0.29) is 11.2 Å². The van der Waals surface area contributed by atoms with Gasteiger partial charge in [-0.2, -0.15) is 0 Å². The van der Waals surface area contributed by atoms with E-state index in [0.717, 1.165) is 22.0 Å². The van der Waals surface area contributed by atoms with Gasteiger partial charge in [0.1, 0.15) is 11.4 Å². The highest BCUT2D eigenvalue weighted by Gasteiger charge is 2.16. The SMILES string of the molecule is COc1cccc(-c2c(N)c(=O)[nH]c3c2[nH]c2ccc(Cl)cc23)c1. The molecule has 0 radical (unpaired) electrons. The maximum Gasteiger partial charge on any atom is 0.272 e. The number of nitrogens with one attached hydrogen (secondary N) is 2. The molecule has 0 saturated carbocycles. The Bertz CT molecular complexity index is 1140. The summed E-state index contributed by atoms with van der Waals surface area (Å²) in [6.45, 7) is 0. The molecule has 0 unspecified atom stereocenters. The van der Waals surface area contributed by atoms with Crippen LogP contribution in [-0.2, 0) is 0 Å². The molecule has 2 aromatic carbocycles. The number of ether oxygens (including phenoxy) is 1. The molecule has 4 rings (SSSR count). The lowest BCUT2D eigenvalue weighted by Gasteiger charge is -2.09. The van der Waals surface area contributed by atoms with Gasteiger partial charge in [0.15, 0.2) is 0 Å². The zero-order chi connectivity index (χ0) is 16.8. The molecule has 0 bridgehead atoms. The highest BCUT2D eigenvalue weighted by atomic mass is 35.5. The molecule has 24 heavy (non-hydrogen) atoms. The van der Waals surface area contributed by atoms with Crippen molar-refractivity contribution in [1.82, 2.24) is 9.97 Å². The molecule has 0 amide bonds. The molecule has 4 aromatic rings. The van der Waals surface area contributed by atoms with Gasteiger partial charge in [-0.3, -0.25) is 4.79 Å². The van der Waals surface area contributed by atoms with Crippen molar-refractivity contribution in [3.63, 3.8) is 0 Å². The summed E-state index contributed by atoms with van der Waals surface area (Å²) in [5.41, 5.74) is 9.70. The number of pyridine rings is 1. The van der Waals surface area contributed by atoms with Crippen LogP contribution in [0.4, 0.5) is 5.69 Å². The van der Waals surface area contributed by atoms with Gasteiger partial charge < -0.3 is 20.4 Å². The first-order chi connectivity index (χ1) is 11.6. The molecule has 0 spiro atoms. The summed E-state index contributed by atoms with van der Waals surface area (Å²) in [6.07, 6.45) is 0. The molecule has 6 heteroatoms. The lowest BCUT2D eigenvalue weighted by molar-refractivity contribution is 0.415. The third kappa shape index (κ3) is 2.13. The summed E-state index contributed by atoms with van der Waals surface area (Å²) in [5, 5.41) is 1.45. The molecular formula is C18H14ClN3O2. The van der Waals surface area contributed by atoms with E-state index in [0.29, 0.717) is 21.9 Å². The van der Waals surface area contributed by atoms with Gasteiger partial charge in [0.05, 0.1) is 18.1 Å². The van der Waals surface area contributed by atoms with Gasteiger partial charge in [0.25, 0.3) is 5.56 Å². The summed E-state index contributed by atoms with van der Waals surface area (Å²) >= 11 is 6.10. The van der Waals surface area contributed by atoms with E-state index >= 15 is 0 Å². The number of anilines is 1. The number of benzene rings is 2. The molecule has 120 valence electrons. The molecule has 0 aliphatic rings. The number of H-pyrrole nitrogens is 2. The van der Waals surface area contributed by atoms with Crippen molar-refractivity contribution in [1.29, 1.82) is 0 Å². The van der Waals surface area contributed by atoms with E-state index in [1.54, 1.807) is 13.2 Å². The number of aromatic nitrogens is 2. The highest BCUT2D eigenvalue weighted by molar-refractivity contribution is 6.31. The molecule has 0 aliphatic carbocycles. The predicted octanol–water partition coefficient (Wildman–Crippen LogP) is 3.92. The van der Waals surface area contributed by atoms with Crippen molar-refractivity contribution in [2.45, 2.75) is 0 Å². The van der Waals surface area contributed by atoms with Crippen molar-refractivity contribution in [2.75, 3.05) is 12.8 Å². The highest BCUT2D eigenvalue weighted by Crippen LogP contribution is 2.36. The van der Waals surface area contributed by atoms with Crippen molar-refractivity contribution in [3.05, 3.63) is 57.8 Å². The third-order valence-corrected chi connectivity index (χ3v) is 4.36. The number of fused-ring (bicyclic) bond motifs is 3. The standard InChI is InChI=1S/C18H14ClN3O2/c1-24-11-4-2-3-9(7-11)14-15(20)18(23)22-16-12-8-10(19)5-6-13(12)21-17(14)16/h2-8,21H,20H2,1H3,(H,22,23). The monoisotopic (exact) mass is 339 g/mol. The average Bonchev–Trinajstić information content (AvgIpc) is 2.93. The Morgan fingerprint density at radius 2 is 1.92 bits per heavy atom. The Balaban J connectivity index is 2.15. The number of nitrogen functional groups attached to an aromatic ring is 1. The lowest BCUT2D eigenvalue weighted by Crippen LogP contribution is -2.13. The zero-order valence-electron chi connectivity index (χ0n) is 12.8. The van der Waals surface area contributed by atoms with Crippen LogP contribution in [0.25, 0.3) is 33.1 Å². The van der Waals surface area contributed by atoms with Crippen LogP contribution in [0.15, 0.2) is 47.3 Å². The summed E-state index contributed by atoms with van der Waals surface area (Å²) in [7, 11) is 1.60. The van der Waals surface area contributed by atoms with E-state index < -0.39 is 0 Å². The smallest absolute Gasteiger partial charge is 0.272 e. The van der Waals surface area contributed by atoms with Crippen LogP contribution in [0.5, 0.6) is 5.75 Å². The van der Waals surface area contributed by atoms with Gasteiger partial charge in [-0.1, -0.05) is 23.7 Å². The quantitative estimate of drug-likeness (QED) is 0.517. The number of hydrogen-bond acceptors (Lipinski definition) is 3. The molecule has 0 saturated heterocycles. The van der Waals surface area contributed by atoms with Gasteiger partial charge in [-0.15, -0.1) is 0 Å². The molecule has 2 heterocycles. The van der Waals surface area contributed by atoms with Gasteiger partial charge in [0, 0.05) is 21.5 Å². The van der Waals surface area contributed by atoms with E-state index in [1.165, 1.54) is 0 Å². The number of aromatic amines is 2. The van der Waals surface area contributed by atoms with Crippen molar-refractivity contribution < 1.29 is 4.74 Å². The molecule has 0 fully saturated rings. The number of methoxy groups -OCH3 is 1. The normalized spacial score (nSPS) is 11.2. The second-order valence-electron chi connectivity index (χ2n) is 5.54. The third-order valence-electron chi connectivity index (χ3n) is 4.12. The fourth-order valence-electron chi connectivity index (χ4n) is 2.99. The summed E-state index contributed by atoms with van der Waals surface area (Å²) in [4.78, 5) is 18.5. The van der Waals surface area contributed by atoms with Crippen molar-refractivity contribution in [2.24, 2.45) is 0 Å². The minimum atomic E-state index is -0.332. The average molecular weight is 340 g/mol. The second kappa shape index (κ2) is 5.32. The maximum atomic E-state index is 12.3.